The van der Waals surface area contributed by atoms with Crippen molar-refractivity contribution in [2.45, 2.75) is 25.3 Å². The van der Waals surface area contributed by atoms with Gasteiger partial charge in [-0.15, -0.1) is 0 Å². The zero-order valence-corrected chi connectivity index (χ0v) is 14.8. The van der Waals surface area contributed by atoms with Crippen molar-refractivity contribution in [3.63, 3.8) is 0 Å². The maximum atomic E-state index is 12.8. The first-order chi connectivity index (χ1) is 12.7. The smallest absolute Gasteiger partial charge is 0.258 e. The zero-order valence-electron chi connectivity index (χ0n) is 14.8. The predicted molar refractivity (Wildman–Crippen MR) is 99.8 cm³/mol. The molecule has 2 aromatic rings. The van der Waals surface area contributed by atoms with Gasteiger partial charge in [-0.1, -0.05) is 48.5 Å². The molecule has 1 atom stereocenters. The minimum Gasteiger partial charge on any atom is -0.484 e. The van der Waals surface area contributed by atoms with Gasteiger partial charge in [-0.2, -0.15) is 0 Å². The number of likely N-dealkylation sites (tertiary alicyclic amines) is 1. The third-order valence-corrected chi connectivity index (χ3v) is 4.45. The lowest BCUT2D eigenvalue weighted by atomic mass is 10.0. The van der Waals surface area contributed by atoms with Gasteiger partial charge in [-0.05, 0) is 30.5 Å². The first kappa shape index (κ1) is 18.0. The standard InChI is InChI=1S/C21H24N2O3/c24-20(16-26-18-11-5-2-6-12-18)22-19(15-17-9-3-1-4-10-17)21(25)23-13-7-8-14-23/h1-6,9-12,19H,7-8,13-16H2,(H,22,24). The fourth-order valence-corrected chi connectivity index (χ4v) is 3.11. The molecule has 0 aromatic heterocycles. The summed E-state index contributed by atoms with van der Waals surface area (Å²) in [7, 11) is 0. The Morgan fingerprint density at radius 3 is 2.23 bits per heavy atom. The number of carbonyl (C=O) groups excluding carboxylic acids is 2. The quantitative estimate of drug-likeness (QED) is 0.832. The molecular weight excluding hydrogens is 328 g/mol. The average molecular weight is 352 g/mol. The highest BCUT2D eigenvalue weighted by molar-refractivity contribution is 5.88. The Kier molecular flexibility index (Phi) is 6.25. The Bertz CT molecular complexity index is 713. The molecule has 1 fully saturated rings. The first-order valence-corrected chi connectivity index (χ1v) is 9.02. The number of carbonyl (C=O) groups is 2. The molecular formula is C21H24N2O3. The van der Waals surface area contributed by atoms with Gasteiger partial charge in [0.2, 0.25) is 5.91 Å². The molecule has 0 radical (unpaired) electrons. The van der Waals surface area contributed by atoms with Crippen LogP contribution >= 0.6 is 0 Å². The highest BCUT2D eigenvalue weighted by atomic mass is 16.5. The van der Waals surface area contributed by atoms with E-state index >= 15 is 0 Å². The fourth-order valence-electron chi connectivity index (χ4n) is 3.11. The summed E-state index contributed by atoms with van der Waals surface area (Å²) in [6.07, 6.45) is 2.52. The Morgan fingerprint density at radius 2 is 1.58 bits per heavy atom. The van der Waals surface area contributed by atoms with E-state index in [0.717, 1.165) is 31.5 Å². The van der Waals surface area contributed by atoms with Crippen molar-refractivity contribution in [3.05, 3.63) is 66.2 Å². The summed E-state index contributed by atoms with van der Waals surface area (Å²) in [6, 6.07) is 18.4. The number of hydrogen-bond donors (Lipinski definition) is 1. The molecule has 0 aliphatic carbocycles. The van der Waals surface area contributed by atoms with E-state index in [1.54, 1.807) is 12.1 Å². The molecule has 136 valence electrons. The Hall–Kier alpha value is -2.82. The molecule has 5 heteroatoms. The predicted octanol–water partition coefficient (Wildman–Crippen LogP) is 2.42. The molecule has 1 heterocycles. The average Bonchev–Trinajstić information content (AvgIpc) is 3.22. The van der Waals surface area contributed by atoms with Gasteiger partial charge in [0, 0.05) is 19.5 Å². The van der Waals surface area contributed by atoms with Crippen molar-refractivity contribution < 1.29 is 14.3 Å². The number of rotatable bonds is 7. The normalized spacial score (nSPS) is 14.7. The van der Waals surface area contributed by atoms with Crippen LogP contribution in [-0.2, 0) is 16.0 Å². The number of ether oxygens (including phenoxy) is 1. The SMILES string of the molecule is O=C(COc1ccccc1)NC(Cc1ccccc1)C(=O)N1CCCC1. The number of nitrogens with zero attached hydrogens (tertiary/aromatic N) is 1. The van der Waals surface area contributed by atoms with Gasteiger partial charge in [0.1, 0.15) is 11.8 Å². The van der Waals surface area contributed by atoms with Crippen LogP contribution in [0.1, 0.15) is 18.4 Å². The lowest BCUT2D eigenvalue weighted by Gasteiger charge is -2.24. The van der Waals surface area contributed by atoms with Crippen molar-refractivity contribution in [2.24, 2.45) is 0 Å². The lowest BCUT2D eigenvalue weighted by Crippen LogP contribution is -2.50. The molecule has 5 nitrogen and oxygen atoms in total. The number of para-hydroxylation sites is 1. The van der Waals surface area contributed by atoms with E-state index in [1.165, 1.54) is 0 Å². The van der Waals surface area contributed by atoms with Crippen LogP contribution in [0, 0.1) is 0 Å². The van der Waals surface area contributed by atoms with Gasteiger partial charge in [0.25, 0.3) is 5.91 Å². The van der Waals surface area contributed by atoms with E-state index in [9.17, 15) is 9.59 Å². The van der Waals surface area contributed by atoms with E-state index < -0.39 is 6.04 Å². The van der Waals surface area contributed by atoms with Crippen LogP contribution in [0.25, 0.3) is 0 Å². The second-order valence-corrected chi connectivity index (χ2v) is 6.44. The van der Waals surface area contributed by atoms with E-state index in [-0.39, 0.29) is 18.4 Å². The van der Waals surface area contributed by atoms with Gasteiger partial charge < -0.3 is 15.0 Å². The fraction of sp³-hybridized carbons (Fsp3) is 0.333. The molecule has 0 bridgehead atoms. The Morgan fingerprint density at radius 1 is 0.962 bits per heavy atom. The van der Waals surface area contributed by atoms with Crippen LogP contribution in [0.2, 0.25) is 0 Å². The molecule has 2 aromatic carbocycles. The van der Waals surface area contributed by atoms with Crippen molar-refractivity contribution >= 4 is 11.8 Å². The highest BCUT2D eigenvalue weighted by Gasteiger charge is 2.28. The summed E-state index contributed by atoms with van der Waals surface area (Å²) < 4.78 is 5.49. The maximum Gasteiger partial charge on any atom is 0.258 e. The van der Waals surface area contributed by atoms with E-state index in [2.05, 4.69) is 5.32 Å². The van der Waals surface area contributed by atoms with Gasteiger partial charge in [-0.3, -0.25) is 9.59 Å². The highest BCUT2D eigenvalue weighted by Crippen LogP contribution is 2.13. The molecule has 2 amide bonds. The molecule has 0 spiro atoms. The van der Waals surface area contributed by atoms with Crippen LogP contribution in [0.5, 0.6) is 5.75 Å². The van der Waals surface area contributed by atoms with Crippen LogP contribution in [0.4, 0.5) is 0 Å². The minimum absolute atomic E-state index is 0.0144. The van der Waals surface area contributed by atoms with Gasteiger partial charge in [0.05, 0.1) is 0 Å². The van der Waals surface area contributed by atoms with E-state index in [0.29, 0.717) is 12.2 Å². The Labute approximate surface area is 154 Å². The maximum absolute atomic E-state index is 12.8. The second kappa shape index (κ2) is 9.04. The van der Waals surface area contributed by atoms with E-state index in [1.807, 2.05) is 53.4 Å². The van der Waals surface area contributed by atoms with Gasteiger partial charge in [-0.25, -0.2) is 0 Å². The lowest BCUT2D eigenvalue weighted by molar-refractivity contribution is -0.136. The van der Waals surface area contributed by atoms with Gasteiger partial charge >= 0.3 is 0 Å². The zero-order chi connectivity index (χ0) is 18.2. The largest absolute Gasteiger partial charge is 0.484 e. The number of nitrogens with one attached hydrogen (secondary N) is 1. The van der Waals surface area contributed by atoms with E-state index in [4.69, 9.17) is 4.74 Å². The monoisotopic (exact) mass is 352 g/mol. The Balaban J connectivity index is 1.62. The summed E-state index contributed by atoms with van der Waals surface area (Å²) in [5.74, 6) is 0.329. The molecule has 1 aliphatic rings. The molecule has 1 saturated heterocycles. The third-order valence-electron chi connectivity index (χ3n) is 4.45. The minimum atomic E-state index is -0.567. The number of hydrogen-bond acceptors (Lipinski definition) is 3. The van der Waals surface area contributed by atoms with Crippen LogP contribution in [0.15, 0.2) is 60.7 Å². The van der Waals surface area contributed by atoms with Crippen molar-refractivity contribution in [2.75, 3.05) is 19.7 Å². The molecule has 0 saturated carbocycles. The molecule has 1 unspecified atom stereocenters. The van der Waals surface area contributed by atoms with Crippen molar-refractivity contribution in [3.8, 4) is 5.75 Å². The first-order valence-electron chi connectivity index (χ1n) is 9.02. The van der Waals surface area contributed by atoms with Crippen LogP contribution in [-0.4, -0.2) is 42.5 Å². The molecule has 3 rings (SSSR count). The summed E-state index contributed by atoms with van der Waals surface area (Å²) in [5, 5.41) is 2.86. The summed E-state index contributed by atoms with van der Waals surface area (Å²) >= 11 is 0. The number of amides is 2. The van der Waals surface area contributed by atoms with Crippen molar-refractivity contribution in [1.82, 2.24) is 10.2 Å². The summed E-state index contributed by atoms with van der Waals surface area (Å²) in [4.78, 5) is 27.0. The number of benzene rings is 2. The van der Waals surface area contributed by atoms with Crippen LogP contribution < -0.4 is 10.1 Å². The van der Waals surface area contributed by atoms with Crippen molar-refractivity contribution in [1.29, 1.82) is 0 Å². The molecule has 1 aliphatic heterocycles. The molecule has 1 N–H and O–H groups in total. The second-order valence-electron chi connectivity index (χ2n) is 6.44. The molecule has 26 heavy (non-hydrogen) atoms. The van der Waals surface area contributed by atoms with Crippen LogP contribution in [0.3, 0.4) is 0 Å². The topological polar surface area (TPSA) is 58.6 Å². The van der Waals surface area contributed by atoms with Gasteiger partial charge in [0.15, 0.2) is 6.61 Å². The third kappa shape index (κ3) is 5.09. The summed E-state index contributed by atoms with van der Waals surface area (Å²) in [6.45, 7) is 1.42. The summed E-state index contributed by atoms with van der Waals surface area (Å²) in [5.41, 5.74) is 1.02.